The zero-order valence-corrected chi connectivity index (χ0v) is 14.0. The summed E-state index contributed by atoms with van der Waals surface area (Å²) in [6.07, 6.45) is 2.34. The number of hydroxylamine groups is 2. The van der Waals surface area contributed by atoms with Crippen LogP contribution in [-0.2, 0) is 9.68 Å². The van der Waals surface area contributed by atoms with E-state index in [-0.39, 0.29) is 11.8 Å². The summed E-state index contributed by atoms with van der Waals surface area (Å²) in [4.78, 5) is 42.7. The summed E-state index contributed by atoms with van der Waals surface area (Å²) in [6.45, 7) is 2.40. The Bertz CT molecular complexity index is 607. The SMILES string of the molecule is CC(C[N+](=O)[O-])(ON1OC(C)(C2CC2)CC1([N+](=O)[O-])[N+](=O)[O-])C1CC1. The van der Waals surface area contributed by atoms with Gasteiger partial charge in [0.15, 0.2) is 5.60 Å². The van der Waals surface area contributed by atoms with Crippen molar-refractivity contribution in [1.82, 2.24) is 5.23 Å². The molecule has 0 spiro atoms. The molecule has 12 nitrogen and oxygen atoms in total. The van der Waals surface area contributed by atoms with Gasteiger partial charge >= 0.3 is 5.79 Å². The van der Waals surface area contributed by atoms with Gasteiger partial charge in [0.1, 0.15) is 21.9 Å². The van der Waals surface area contributed by atoms with Gasteiger partial charge in [-0.3, -0.25) is 35.2 Å². The zero-order chi connectivity index (χ0) is 18.6. The smallest absolute Gasteiger partial charge is 0.264 e. The summed E-state index contributed by atoms with van der Waals surface area (Å²) in [5, 5.41) is 34.6. The average Bonchev–Trinajstić information content (AvgIpc) is 3.35. The van der Waals surface area contributed by atoms with Crippen molar-refractivity contribution < 1.29 is 24.4 Å². The first-order valence-electron chi connectivity index (χ1n) is 8.13. The first-order chi connectivity index (χ1) is 11.5. The van der Waals surface area contributed by atoms with Gasteiger partial charge in [-0.15, -0.1) is 0 Å². The third-order valence-corrected chi connectivity index (χ3v) is 5.37. The summed E-state index contributed by atoms with van der Waals surface area (Å²) in [5.74, 6) is -3.06. The number of rotatable bonds is 8. The van der Waals surface area contributed by atoms with Gasteiger partial charge in [0.25, 0.3) is 0 Å². The van der Waals surface area contributed by atoms with Crippen molar-refractivity contribution in [2.75, 3.05) is 6.54 Å². The second-order valence-electron chi connectivity index (χ2n) is 7.57. The minimum absolute atomic E-state index is 0.0388. The molecule has 3 aliphatic rings. The van der Waals surface area contributed by atoms with Crippen LogP contribution < -0.4 is 0 Å². The van der Waals surface area contributed by atoms with Crippen LogP contribution in [0.15, 0.2) is 0 Å². The molecule has 1 saturated heterocycles. The van der Waals surface area contributed by atoms with Crippen LogP contribution in [0.2, 0.25) is 0 Å². The largest absolute Gasteiger partial charge is 0.569 e. The molecule has 2 saturated carbocycles. The lowest BCUT2D eigenvalue weighted by atomic mass is 9.94. The fourth-order valence-corrected chi connectivity index (χ4v) is 3.54. The van der Waals surface area contributed by atoms with Crippen LogP contribution in [0.5, 0.6) is 0 Å². The van der Waals surface area contributed by atoms with Crippen molar-refractivity contribution in [3.63, 3.8) is 0 Å². The predicted molar refractivity (Wildman–Crippen MR) is 79.5 cm³/mol. The van der Waals surface area contributed by atoms with Crippen molar-refractivity contribution >= 4 is 0 Å². The van der Waals surface area contributed by atoms with Gasteiger partial charge in [0, 0.05) is 4.92 Å². The highest BCUT2D eigenvalue weighted by atomic mass is 17.0. The summed E-state index contributed by atoms with van der Waals surface area (Å²) in [6, 6.07) is 0. The van der Waals surface area contributed by atoms with Gasteiger partial charge in [-0.2, -0.15) is 0 Å². The Morgan fingerprint density at radius 2 is 1.72 bits per heavy atom. The number of hydrogen-bond donors (Lipinski definition) is 0. The Morgan fingerprint density at radius 1 is 1.16 bits per heavy atom. The van der Waals surface area contributed by atoms with Crippen LogP contribution in [0.4, 0.5) is 0 Å². The van der Waals surface area contributed by atoms with Crippen LogP contribution in [-0.4, -0.2) is 43.5 Å². The van der Waals surface area contributed by atoms with E-state index in [1.165, 1.54) is 6.92 Å². The molecule has 0 aromatic carbocycles. The highest BCUT2D eigenvalue weighted by molar-refractivity contribution is 4.99. The molecule has 140 valence electrons. The molecule has 0 aromatic heterocycles. The Labute approximate surface area is 142 Å². The lowest BCUT2D eigenvalue weighted by Gasteiger charge is -2.30. The molecule has 25 heavy (non-hydrogen) atoms. The molecule has 3 fully saturated rings. The van der Waals surface area contributed by atoms with Crippen LogP contribution >= 0.6 is 0 Å². The molecule has 0 aromatic rings. The van der Waals surface area contributed by atoms with E-state index >= 15 is 0 Å². The maximum atomic E-state index is 11.6. The second-order valence-corrected chi connectivity index (χ2v) is 7.57. The lowest BCUT2D eigenvalue weighted by molar-refractivity contribution is -0.853. The molecule has 1 heterocycles. The minimum atomic E-state index is -2.82. The molecule has 2 atom stereocenters. The van der Waals surface area contributed by atoms with E-state index in [4.69, 9.17) is 9.68 Å². The average molecular weight is 360 g/mol. The molecular formula is C13H20N4O8. The Morgan fingerprint density at radius 3 is 2.12 bits per heavy atom. The quantitative estimate of drug-likeness (QED) is 0.355. The number of nitro groups is 3. The van der Waals surface area contributed by atoms with Crippen molar-refractivity contribution in [3.8, 4) is 0 Å². The molecule has 0 radical (unpaired) electrons. The summed E-state index contributed by atoms with van der Waals surface area (Å²) in [7, 11) is 0. The molecule has 0 N–H and O–H groups in total. The van der Waals surface area contributed by atoms with Gasteiger partial charge in [-0.25, -0.2) is 4.84 Å². The number of nitrogens with zero attached hydrogens (tertiary/aromatic N) is 4. The highest BCUT2D eigenvalue weighted by Gasteiger charge is 2.77. The Kier molecular flexibility index (Phi) is 3.96. The normalized spacial score (nSPS) is 31.4. The van der Waals surface area contributed by atoms with E-state index in [9.17, 15) is 30.3 Å². The monoisotopic (exact) mass is 360 g/mol. The third kappa shape index (κ3) is 2.93. The van der Waals surface area contributed by atoms with Gasteiger partial charge in [0.2, 0.25) is 6.54 Å². The minimum Gasteiger partial charge on any atom is -0.264 e. The molecule has 12 heteroatoms. The van der Waals surface area contributed by atoms with Crippen molar-refractivity contribution in [2.45, 2.75) is 62.9 Å². The molecule has 3 rings (SSSR count). The van der Waals surface area contributed by atoms with E-state index in [0.29, 0.717) is 18.1 Å². The molecule has 0 amide bonds. The fraction of sp³-hybridized carbons (Fsp3) is 1.00. The van der Waals surface area contributed by atoms with Gasteiger partial charge in [-0.1, -0.05) is 0 Å². The molecule has 1 aliphatic heterocycles. The summed E-state index contributed by atoms with van der Waals surface area (Å²) < 4.78 is 0. The van der Waals surface area contributed by atoms with Crippen molar-refractivity contribution in [3.05, 3.63) is 30.3 Å². The van der Waals surface area contributed by atoms with Crippen LogP contribution in [0.3, 0.4) is 0 Å². The van der Waals surface area contributed by atoms with Crippen molar-refractivity contribution in [1.29, 1.82) is 0 Å². The van der Waals surface area contributed by atoms with Gasteiger partial charge in [-0.05, 0) is 51.4 Å². The molecule has 0 bridgehead atoms. The predicted octanol–water partition coefficient (Wildman–Crippen LogP) is 1.38. The van der Waals surface area contributed by atoms with E-state index in [1.807, 2.05) is 0 Å². The van der Waals surface area contributed by atoms with E-state index in [1.54, 1.807) is 6.92 Å². The van der Waals surface area contributed by atoms with Crippen LogP contribution in [0, 0.1) is 42.2 Å². The molecule has 2 unspecified atom stereocenters. The number of hydrogen-bond acceptors (Lipinski definition) is 9. The molecule has 2 aliphatic carbocycles. The second kappa shape index (κ2) is 5.54. The van der Waals surface area contributed by atoms with Crippen molar-refractivity contribution in [2.24, 2.45) is 11.8 Å². The summed E-state index contributed by atoms with van der Waals surface area (Å²) >= 11 is 0. The standard InChI is InChI=1S/C13H20N4O8/c1-11(9-3-4-9)7-13(15(20)21,16(22)23)17(24-11)25-12(2,8-14(18)19)10-5-6-10/h9-10H,3-8H2,1-2H3. The van der Waals surface area contributed by atoms with E-state index in [0.717, 1.165) is 12.8 Å². The first kappa shape index (κ1) is 17.9. The maximum absolute atomic E-state index is 11.6. The van der Waals surface area contributed by atoms with Crippen LogP contribution in [0.1, 0.15) is 46.0 Å². The highest BCUT2D eigenvalue weighted by Crippen LogP contribution is 2.53. The lowest BCUT2D eigenvalue weighted by Crippen LogP contribution is -2.59. The van der Waals surface area contributed by atoms with Gasteiger partial charge in [0.05, 0.1) is 5.23 Å². The Hall–Kier alpha value is -1.92. The van der Waals surface area contributed by atoms with E-state index < -0.39 is 44.7 Å². The first-order valence-corrected chi connectivity index (χ1v) is 8.13. The van der Waals surface area contributed by atoms with E-state index in [2.05, 4.69) is 0 Å². The third-order valence-electron chi connectivity index (χ3n) is 5.37. The molecular weight excluding hydrogens is 340 g/mol. The summed E-state index contributed by atoms with van der Waals surface area (Å²) in [5.41, 5.74) is -2.52. The Balaban J connectivity index is 1.94. The van der Waals surface area contributed by atoms with Gasteiger partial charge < -0.3 is 0 Å². The van der Waals surface area contributed by atoms with Crippen LogP contribution in [0.25, 0.3) is 0 Å². The fourth-order valence-electron chi connectivity index (χ4n) is 3.54. The topological polar surface area (TPSA) is 151 Å². The zero-order valence-electron chi connectivity index (χ0n) is 14.0. The maximum Gasteiger partial charge on any atom is 0.569 e.